The predicted molar refractivity (Wildman–Crippen MR) is 68.2 cm³/mol. The van der Waals surface area contributed by atoms with Gasteiger partial charge in [0.15, 0.2) is 8.32 Å². The second-order valence-electron chi connectivity index (χ2n) is 4.54. The summed E-state index contributed by atoms with van der Waals surface area (Å²) in [5.74, 6) is 0. The minimum atomic E-state index is -1.81. The summed E-state index contributed by atoms with van der Waals surface area (Å²) in [7, 11) is -1.81. The molecule has 0 aromatic rings. The molecule has 0 aliphatic heterocycles. The first-order chi connectivity index (χ1) is 6.68. The average molecular weight is 224 g/mol. The van der Waals surface area contributed by atoms with Crippen LogP contribution >= 0.6 is 0 Å². The van der Waals surface area contributed by atoms with Crippen LogP contribution in [0.2, 0.25) is 18.1 Å². The van der Waals surface area contributed by atoms with E-state index in [2.05, 4.69) is 20.8 Å². The van der Waals surface area contributed by atoms with Gasteiger partial charge in [-0.1, -0.05) is 59.3 Å². The van der Waals surface area contributed by atoms with E-state index < -0.39 is 8.32 Å². The Balaban J connectivity index is -0.000000845. The molecule has 1 nitrogen and oxygen atoms in total. The van der Waals surface area contributed by atoms with E-state index in [0.29, 0.717) is 0 Å². The van der Waals surface area contributed by atoms with Gasteiger partial charge in [-0.3, -0.25) is 0 Å². The van der Waals surface area contributed by atoms with Crippen LogP contribution < -0.4 is 18.9 Å². The Hall–Kier alpha value is 0.774. The van der Waals surface area contributed by atoms with Crippen molar-refractivity contribution in [3.63, 3.8) is 0 Å². The zero-order chi connectivity index (χ0) is 10.9. The fourth-order valence-electron chi connectivity index (χ4n) is 1.89. The zero-order valence-corrected chi connectivity index (χ0v) is 12.3. The van der Waals surface area contributed by atoms with Crippen LogP contribution in [0.25, 0.3) is 0 Å². The quantitative estimate of drug-likeness (QED) is 0.588. The van der Waals surface area contributed by atoms with Gasteiger partial charge in [0.2, 0.25) is 0 Å². The molecule has 0 heterocycles. The van der Waals surface area contributed by atoms with E-state index in [1.54, 1.807) is 0 Å². The van der Waals surface area contributed by atoms with Crippen molar-refractivity contribution in [2.75, 3.05) is 0 Å². The van der Waals surface area contributed by atoms with Crippen molar-refractivity contribution in [1.29, 1.82) is 0 Å². The van der Waals surface area contributed by atoms with Crippen LogP contribution in [-0.4, -0.2) is 13.1 Å². The summed E-state index contributed by atoms with van der Waals surface area (Å²) in [5.41, 5.74) is 0. The van der Waals surface area contributed by atoms with Crippen LogP contribution in [0.15, 0.2) is 0 Å². The second kappa shape index (κ2) is 11.3. The van der Waals surface area contributed by atoms with E-state index in [1.807, 2.05) is 0 Å². The molecule has 0 spiro atoms. The largest absolute Gasteiger partial charge is 1.00 e. The Kier molecular flexibility index (Phi) is 13.6. The van der Waals surface area contributed by atoms with Crippen LogP contribution in [0.1, 0.15) is 60.7 Å². The molecule has 88 valence electrons. The summed E-state index contributed by atoms with van der Waals surface area (Å²) in [5, 5.41) is 0. The summed E-state index contributed by atoms with van der Waals surface area (Å²) in [4.78, 5) is 10.5. The van der Waals surface area contributed by atoms with Crippen LogP contribution in [0.4, 0.5) is 0 Å². The standard InChI is InChI=1S/C12H28OSi.Li.H/c1-4-7-10-14(13,11-8-5-2)12-9-6-3;;/h13H,4-12H2,1-3H3;;/q;+1;-1. The fraction of sp³-hybridized carbons (Fsp3) is 1.00. The predicted octanol–water partition coefficient (Wildman–Crippen LogP) is 1.44. The monoisotopic (exact) mass is 224 g/mol. The van der Waals surface area contributed by atoms with E-state index in [1.165, 1.54) is 38.5 Å². The second-order valence-corrected chi connectivity index (χ2v) is 8.48. The topological polar surface area (TPSA) is 20.2 Å². The Morgan fingerprint density at radius 3 is 1.27 bits per heavy atom. The van der Waals surface area contributed by atoms with E-state index >= 15 is 0 Å². The molecule has 1 N–H and O–H groups in total. The van der Waals surface area contributed by atoms with Gasteiger partial charge in [-0.05, 0) is 18.1 Å². The molecule has 0 fully saturated rings. The molecule has 0 bridgehead atoms. The molecule has 0 radical (unpaired) electrons. The Morgan fingerprint density at radius 1 is 0.800 bits per heavy atom. The number of unbranched alkanes of at least 4 members (excludes halogenated alkanes) is 3. The zero-order valence-electron chi connectivity index (χ0n) is 12.3. The van der Waals surface area contributed by atoms with Crippen LogP contribution in [0, 0.1) is 0 Å². The number of rotatable bonds is 9. The van der Waals surface area contributed by atoms with Gasteiger partial charge in [0, 0.05) is 0 Å². The van der Waals surface area contributed by atoms with Gasteiger partial charge < -0.3 is 6.22 Å². The summed E-state index contributed by atoms with van der Waals surface area (Å²) in [6.07, 6.45) is 7.39. The minimum Gasteiger partial charge on any atom is -1.00 e. The van der Waals surface area contributed by atoms with Crippen LogP contribution in [-0.2, 0) is 0 Å². The smallest absolute Gasteiger partial charge is 1.00 e. The van der Waals surface area contributed by atoms with Gasteiger partial charge >= 0.3 is 18.9 Å². The maximum atomic E-state index is 10.5. The first-order valence-electron chi connectivity index (χ1n) is 6.41. The molecule has 3 heteroatoms. The third kappa shape index (κ3) is 9.69. The van der Waals surface area contributed by atoms with Gasteiger partial charge in [-0.2, -0.15) is 0 Å². The minimum absolute atomic E-state index is 0. The Morgan fingerprint density at radius 2 is 1.07 bits per heavy atom. The molecule has 0 aliphatic rings. The summed E-state index contributed by atoms with van der Waals surface area (Å²) < 4.78 is 0. The van der Waals surface area contributed by atoms with Crippen molar-refractivity contribution in [2.45, 2.75) is 77.4 Å². The van der Waals surface area contributed by atoms with E-state index in [0.717, 1.165) is 18.1 Å². The molecular formula is C12H29LiOSi. The van der Waals surface area contributed by atoms with Crippen molar-refractivity contribution < 1.29 is 25.1 Å². The fourth-order valence-corrected chi connectivity index (χ4v) is 5.68. The first-order valence-corrected chi connectivity index (χ1v) is 8.97. The normalized spacial score (nSPS) is 11.2. The molecule has 0 amide bonds. The maximum absolute atomic E-state index is 10.5. The van der Waals surface area contributed by atoms with E-state index in [4.69, 9.17) is 0 Å². The third-order valence-corrected chi connectivity index (χ3v) is 6.84. The molecule has 0 unspecified atom stereocenters. The molecule has 0 saturated heterocycles. The summed E-state index contributed by atoms with van der Waals surface area (Å²) in [6, 6.07) is 3.43. The number of hydrogen-bond donors (Lipinski definition) is 1. The SMILES string of the molecule is CCCC[Si](O)(CCCC)CCCC.[H-].[Li+]. The Labute approximate surface area is 111 Å². The van der Waals surface area contributed by atoms with Crippen molar-refractivity contribution >= 4 is 8.32 Å². The molecular weight excluding hydrogens is 195 g/mol. The molecule has 0 rings (SSSR count). The molecule has 0 aliphatic carbocycles. The van der Waals surface area contributed by atoms with Crippen molar-refractivity contribution in [3.05, 3.63) is 0 Å². The van der Waals surface area contributed by atoms with Gasteiger partial charge in [-0.15, -0.1) is 0 Å². The molecule has 15 heavy (non-hydrogen) atoms. The first kappa shape index (κ1) is 18.1. The van der Waals surface area contributed by atoms with E-state index in [9.17, 15) is 4.80 Å². The van der Waals surface area contributed by atoms with Crippen molar-refractivity contribution in [3.8, 4) is 0 Å². The molecule has 0 atom stereocenters. The Bertz CT molecular complexity index is 114. The van der Waals surface area contributed by atoms with Crippen molar-refractivity contribution in [1.82, 2.24) is 0 Å². The van der Waals surface area contributed by atoms with Crippen LogP contribution in [0.3, 0.4) is 0 Å². The van der Waals surface area contributed by atoms with Crippen LogP contribution in [0.5, 0.6) is 0 Å². The molecule has 0 saturated carbocycles. The molecule has 0 aromatic heterocycles. The summed E-state index contributed by atoms with van der Waals surface area (Å²) >= 11 is 0. The van der Waals surface area contributed by atoms with Gasteiger partial charge in [-0.25, -0.2) is 0 Å². The maximum Gasteiger partial charge on any atom is 1.00 e. The van der Waals surface area contributed by atoms with Gasteiger partial charge in [0.25, 0.3) is 0 Å². The summed E-state index contributed by atoms with van der Waals surface area (Å²) in [6.45, 7) is 6.65. The van der Waals surface area contributed by atoms with Gasteiger partial charge in [0.05, 0.1) is 0 Å². The number of hydrogen-bond acceptors (Lipinski definition) is 1. The van der Waals surface area contributed by atoms with Gasteiger partial charge in [0.1, 0.15) is 0 Å². The molecule has 0 aromatic carbocycles. The van der Waals surface area contributed by atoms with E-state index in [-0.39, 0.29) is 20.3 Å². The average Bonchev–Trinajstić information content (AvgIpc) is 2.21. The van der Waals surface area contributed by atoms with Crippen molar-refractivity contribution in [2.24, 2.45) is 0 Å². The third-order valence-electron chi connectivity index (χ3n) is 2.99.